The zero-order valence-electron chi connectivity index (χ0n) is 8.40. The largest absolute Gasteiger partial charge is 0.503 e. The molecule has 7 heteroatoms. The summed E-state index contributed by atoms with van der Waals surface area (Å²) in [4.78, 5) is 10.3. The number of primary amides is 1. The first kappa shape index (κ1) is 12.1. The maximum absolute atomic E-state index is 10.3. The van der Waals surface area contributed by atoms with Crippen LogP contribution < -0.4 is 15.9 Å². The van der Waals surface area contributed by atoms with Crippen LogP contribution in [0, 0.1) is 0 Å². The van der Waals surface area contributed by atoms with Gasteiger partial charge in [0.05, 0.1) is 18.3 Å². The summed E-state index contributed by atoms with van der Waals surface area (Å²) in [5, 5.41) is 13.1. The van der Waals surface area contributed by atoms with Crippen LogP contribution in [0.25, 0.3) is 0 Å². The average molecular weight is 244 g/mol. The molecule has 0 saturated carbocycles. The highest BCUT2D eigenvalue weighted by Crippen LogP contribution is 2.34. The molecule has 0 atom stereocenters. The van der Waals surface area contributed by atoms with Crippen molar-refractivity contribution in [3.63, 3.8) is 0 Å². The number of rotatable bonds is 3. The van der Waals surface area contributed by atoms with E-state index in [0.29, 0.717) is 5.56 Å². The Morgan fingerprint density at radius 3 is 2.94 bits per heavy atom. The van der Waals surface area contributed by atoms with E-state index in [1.807, 2.05) is 5.43 Å². The van der Waals surface area contributed by atoms with Gasteiger partial charge in [-0.1, -0.05) is 11.6 Å². The zero-order chi connectivity index (χ0) is 12.1. The summed E-state index contributed by atoms with van der Waals surface area (Å²) in [7, 11) is 1.40. The average Bonchev–Trinajstić information content (AvgIpc) is 2.22. The van der Waals surface area contributed by atoms with Gasteiger partial charge in [-0.05, 0) is 17.7 Å². The van der Waals surface area contributed by atoms with Gasteiger partial charge in [0.2, 0.25) is 0 Å². The van der Waals surface area contributed by atoms with Crippen molar-refractivity contribution in [1.82, 2.24) is 5.43 Å². The van der Waals surface area contributed by atoms with Gasteiger partial charge in [0.25, 0.3) is 0 Å². The Hall–Kier alpha value is -1.95. The maximum atomic E-state index is 10.3. The molecule has 0 bridgehead atoms. The number of methoxy groups -OCH3 is 1. The number of hydrazone groups is 1. The molecule has 16 heavy (non-hydrogen) atoms. The minimum atomic E-state index is -0.770. The number of hydrogen-bond donors (Lipinski definition) is 3. The van der Waals surface area contributed by atoms with Gasteiger partial charge in [0.1, 0.15) is 0 Å². The lowest BCUT2D eigenvalue weighted by Gasteiger charge is -2.05. The first-order valence-corrected chi connectivity index (χ1v) is 4.57. The molecule has 0 aliphatic carbocycles. The number of ether oxygens (including phenoxy) is 1. The third-order valence-corrected chi connectivity index (χ3v) is 1.95. The van der Waals surface area contributed by atoms with Crippen LogP contribution in [0.15, 0.2) is 17.2 Å². The summed E-state index contributed by atoms with van der Waals surface area (Å²) >= 11 is 5.74. The molecule has 0 heterocycles. The van der Waals surface area contributed by atoms with Gasteiger partial charge >= 0.3 is 6.03 Å². The smallest absolute Gasteiger partial charge is 0.332 e. The Kier molecular flexibility index (Phi) is 3.96. The van der Waals surface area contributed by atoms with Crippen LogP contribution in [-0.2, 0) is 0 Å². The van der Waals surface area contributed by atoms with Crippen LogP contribution in [0.5, 0.6) is 11.5 Å². The van der Waals surface area contributed by atoms with E-state index in [4.69, 9.17) is 22.1 Å². The number of urea groups is 1. The second-order valence-corrected chi connectivity index (χ2v) is 3.20. The van der Waals surface area contributed by atoms with Crippen LogP contribution in [0.3, 0.4) is 0 Å². The molecular weight excluding hydrogens is 234 g/mol. The van der Waals surface area contributed by atoms with Crippen molar-refractivity contribution >= 4 is 23.8 Å². The molecule has 0 saturated heterocycles. The van der Waals surface area contributed by atoms with E-state index in [-0.39, 0.29) is 16.5 Å². The fourth-order valence-corrected chi connectivity index (χ4v) is 1.21. The quantitative estimate of drug-likeness (QED) is 0.547. The van der Waals surface area contributed by atoms with Crippen molar-refractivity contribution in [3.05, 3.63) is 22.7 Å². The van der Waals surface area contributed by atoms with Gasteiger partial charge < -0.3 is 15.6 Å². The van der Waals surface area contributed by atoms with E-state index in [9.17, 15) is 9.90 Å². The normalized spacial score (nSPS) is 10.4. The summed E-state index contributed by atoms with van der Waals surface area (Å²) in [6.07, 6.45) is 1.32. The lowest BCUT2D eigenvalue weighted by atomic mass is 10.2. The van der Waals surface area contributed by atoms with Crippen LogP contribution in [0.1, 0.15) is 5.56 Å². The zero-order valence-corrected chi connectivity index (χ0v) is 9.15. The molecule has 2 amide bonds. The van der Waals surface area contributed by atoms with E-state index >= 15 is 0 Å². The number of phenolic OH excluding ortho intramolecular Hbond substituents is 1. The van der Waals surface area contributed by atoms with Crippen molar-refractivity contribution in [2.75, 3.05) is 7.11 Å². The minimum absolute atomic E-state index is 0.125. The number of nitrogens with zero attached hydrogens (tertiary/aromatic N) is 1. The summed E-state index contributed by atoms with van der Waals surface area (Å²) < 4.78 is 4.89. The molecule has 0 aliphatic heterocycles. The number of amides is 2. The van der Waals surface area contributed by atoms with E-state index in [0.717, 1.165) is 0 Å². The van der Waals surface area contributed by atoms with Gasteiger partial charge in [-0.2, -0.15) is 5.10 Å². The standard InChI is InChI=1S/C9H10ClN3O3/c1-16-7-3-5(2-6(10)8(7)14)4-12-13-9(11)15/h2-4,14H,1H3,(H3,11,13,15)/b12-4+. The highest BCUT2D eigenvalue weighted by Gasteiger charge is 2.07. The molecule has 0 radical (unpaired) electrons. The molecule has 1 aromatic rings. The van der Waals surface area contributed by atoms with Crippen molar-refractivity contribution in [2.45, 2.75) is 0 Å². The molecular formula is C9H10ClN3O3. The van der Waals surface area contributed by atoms with Gasteiger partial charge in [0, 0.05) is 0 Å². The van der Waals surface area contributed by atoms with Crippen molar-refractivity contribution in [2.24, 2.45) is 10.8 Å². The van der Waals surface area contributed by atoms with E-state index in [1.54, 1.807) is 0 Å². The molecule has 1 aromatic carbocycles. The summed E-state index contributed by atoms with van der Waals surface area (Å²) in [5.41, 5.74) is 7.39. The third kappa shape index (κ3) is 3.03. The molecule has 0 fully saturated rings. The molecule has 0 aromatic heterocycles. The third-order valence-electron chi connectivity index (χ3n) is 1.66. The van der Waals surface area contributed by atoms with E-state index in [1.165, 1.54) is 25.5 Å². The number of hydrogen-bond acceptors (Lipinski definition) is 4. The fourth-order valence-electron chi connectivity index (χ4n) is 0.994. The molecule has 1 rings (SSSR count). The Bertz CT molecular complexity index is 434. The monoisotopic (exact) mass is 243 g/mol. The highest BCUT2D eigenvalue weighted by molar-refractivity contribution is 6.32. The number of halogens is 1. The Morgan fingerprint density at radius 2 is 2.38 bits per heavy atom. The number of aromatic hydroxyl groups is 1. The van der Waals surface area contributed by atoms with Crippen LogP contribution in [-0.4, -0.2) is 24.5 Å². The molecule has 0 unspecified atom stereocenters. The highest BCUT2D eigenvalue weighted by atomic mass is 35.5. The summed E-state index contributed by atoms with van der Waals surface area (Å²) in [6.45, 7) is 0. The van der Waals surface area contributed by atoms with E-state index < -0.39 is 6.03 Å². The van der Waals surface area contributed by atoms with Gasteiger partial charge in [-0.3, -0.25) is 0 Å². The van der Waals surface area contributed by atoms with Gasteiger partial charge in [0.15, 0.2) is 11.5 Å². The SMILES string of the molecule is COc1cc(/C=N/NC(N)=O)cc(Cl)c1O. The molecule has 0 aliphatic rings. The van der Waals surface area contributed by atoms with Crippen molar-refractivity contribution < 1.29 is 14.6 Å². The minimum Gasteiger partial charge on any atom is -0.503 e. The van der Waals surface area contributed by atoms with Gasteiger partial charge in [-0.25, -0.2) is 10.2 Å². The van der Waals surface area contributed by atoms with Crippen molar-refractivity contribution in [3.8, 4) is 11.5 Å². The van der Waals surface area contributed by atoms with Crippen molar-refractivity contribution in [1.29, 1.82) is 0 Å². The lowest BCUT2D eigenvalue weighted by Crippen LogP contribution is -2.24. The van der Waals surface area contributed by atoms with Crippen LogP contribution in [0.2, 0.25) is 5.02 Å². The first-order chi connectivity index (χ1) is 7.54. The number of phenols is 1. The Balaban J connectivity index is 2.93. The Morgan fingerprint density at radius 1 is 1.69 bits per heavy atom. The van der Waals surface area contributed by atoms with E-state index in [2.05, 4.69) is 5.10 Å². The lowest BCUT2D eigenvalue weighted by molar-refractivity contribution is 0.249. The predicted octanol–water partition coefficient (Wildman–Crippen LogP) is 1.06. The summed E-state index contributed by atoms with van der Waals surface area (Å²) in [6, 6.07) is 2.20. The molecule has 4 N–H and O–H groups in total. The second kappa shape index (κ2) is 5.22. The predicted molar refractivity (Wildman–Crippen MR) is 60.0 cm³/mol. The number of nitrogens with one attached hydrogen (secondary N) is 1. The number of carbonyl (C=O) groups is 1. The van der Waals surface area contributed by atoms with Crippen LogP contribution in [0.4, 0.5) is 4.79 Å². The fraction of sp³-hybridized carbons (Fsp3) is 0.111. The van der Waals surface area contributed by atoms with Crippen LogP contribution >= 0.6 is 11.6 Å². The summed E-state index contributed by atoms with van der Waals surface area (Å²) in [5.74, 6) is 0.0669. The molecule has 0 spiro atoms. The Labute approximate surface area is 96.7 Å². The second-order valence-electron chi connectivity index (χ2n) is 2.79. The number of carbonyl (C=O) groups excluding carboxylic acids is 1. The van der Waals surface area contributed by atoms with Gasteiger partial charge in [-0.15, -0.1) is 0 Å². The maximum Gasteiger partial charge on any atom is 0.332 e. The first-order valence-electron chi connectivity index (χ1n) is 4.19. The number of nitrogens with two attached hydrogens (primary N) is 1. The molecule has 86 valence electrons. The number of benzene rings is 1. The molecule has 6 nitrogen and oxygen atoms in total. The topological polar surface area (TPSA) is 96.9 Å².